The lowest BCUT2D eigenvalue weighted by Gasteiger charge is -2.43. The van der Waals surface area contributed by atoms with Crippen LogP contribution >= 0.6 is 0 Å². The number of aromatic hydroxyl groups is 2. The van der Waals surface area contributed by atoms with E-state index in [1.165, 1.54) is 18.2 Å². The molecule has 2 aromatic rings. The molecule has 0 aliphatic carbocycles. The summed E-state index contributed by atoms with van der Waals surface area (Å²) in [5.74, 6) is -0.672. The monoisotopic (exact) mass is 337 g/mol. The van der Waals surface area contributed by atoms with Crippen LogP contribution in [0.25, 0.3) is 0 Å². The molecular formula is C17H14F3NO3. The van der Waals surface area contributed by atoms with Crippen molar-refractivity contribution < 1.29 is 28.1 Å². The Morgan fingerprint density at radius 1 is 1.00 bits per heavy atom. The van der Waals surface area contributed by atoms with Crippen molar-refractivity contribution in [1.29, 1.82) is 0 Å². The van der Waals surface area contributed by atoms with Gasteiger partial charge in [0.25, 0.3) is 0 Å². The van der Waals surface area contributed by atoms with E-state index in [-0.39, 0.29) is 23.7 Å². The lowest BCUT2D eigenvalue weighted by Crippen LogP contribution is -2.52. The number of alkyl halides is 3. The van der Waals surface area contributed by atoms with Crippen LogP contribution in [0.15, 0.2) is 36.4 Å². The zero-order valence-corrected chi connectivity index (χ0v) is 12.3. The van der Waals surface area contributed by atoms with E-state index in [9.17, 15) is 23.4 Å². The number of phenols is 2. The van der Waals surface area contributed by atoms with Crippen LogP contribution in [0.2, 0.25) is 0 Å². The lowest BCUT2D eigenvalue weighted by molar-refractivity contribution is -0.162. The molecule has 3 atom stereocenters. The van der Waals surface area contributed by atoms with Crippen LogP contribution in [-0.2, 0) is 0 Å². The SMILES string of the molecule is Oc1cc2c(cc1O)C1c3ccccc3C(C(F)(F)F)NC1CO2. The number of ether oxygens (including phenoxy) is 1. The van der Waals surface area contributed by atoms with Crippen LogP contribution in [0.3, 0.4) is 0 Å². The minimum atomic E-state index is -4.42. The second-order valence-electron chi connectivity index (χ2n) is 6.04. The van der Waals surface area contributed by atoms with Gasteiger partial charge in [0.2, 0.25) is 0 Å². The number of benzene rings is 2. The van der Waals surface area contributed by atoms with Gasteiger partial charge in [-0.1, -0.05) is 24.3 Å². The molecule has 2 heterocycles. The average molecular weight is 337 g/mol. The maximum Gasteiger partial charge on any atom is 0.407 e. The number of rotatable bonds is 0. The second kappa shape index (κ2) is 5.04. The van der Waals surface area contributed by atoms with Gasteiger partial charge in [0.15, 0.2) is 11.5 Å². The van der Waals surface area contributed by atoms with Crippen molar-refractivity contribution in [2.75, 3.05) is 6.61 Å². The summed E-state index contributed by atoms with van der Waals surface area (Å²) in [5, 5.41) is 22.0. The molecule has 0 bridgehead atoms. The molecule has 0 spiro atoms. The summed E-state index contributed by atoms with van der Waals surface area (Å²) >= 11 is 0. The van der Waals surface area contributed by atoms with Crippen molar-refractivity contribution in [3.05, 3.63) is 53.1 Å². The predicted octanol–water partition coefficient (Wildman–Crippen LogP) is 3.20. The van der Waals surface area contributed by atoms with E-state index < -0.39 is 24.2 Å². The summed E-state index contributed by atoms with van der Waals surface area (Å²) in [4.78, 5) is 0. The summed E-state index contributed by atoms with van der Waals surface area (Å²) in [7, 11) is 0. The van der Waals surface area contributed by atoms with Crippen LogP contribution in [0.5, 0.6) is 17.2 Å². The van der Waals surface area contributed by atoms with Crippen LogP contribution in [-0.4, -0.2) is 29.0 Å². The van der Waals surface area contributed by atoms with E-state index >= 15 is 0 Å². The third kappa shape index (κ3) is 2.19. The average Bonchev–Trinajstić information content (AvgIpc) is 2.54. The van der Waals surface area contributed by atoms with Gasteiger partial charge in [0, 0.05) is 17.5 Å². The van der Waals surface area contributed by atoms with Gasteiger partial charge in [0.05, 0.1) is 6.04 Å². The summed E-state index contributed by atoms with van der Waals surface area (Å²) < 4.78 is 45.7. The Kier molecular flexibility index (Phi) is 3.18. The maximum atomic E-state index is 13.4. The normalized spacial score (nSPS) is 25.2. The highest BCUT2D eigenvalue weighted by atomic mass is 19.4. The second-order valence-corrected chi connectivity index (χ2v) is 6.04. The Morgan fingerprint density at radius 3 is 2.38 bits per heavy atom. The molecule has 2 aliphatic rings. The molecule has 4 rings (SSSR count). The first-order valence-electron chi connectivity index (χ1n) is 7.46. The third-order valence-corrected chi connectivity index (χ3v) is 4.61. The molecular weight excluding hydrogens is 323 g/mol. The van der Waals surface area contributed by atoms with Crippen LogP contribution in [0, 0.1) is 0 Å². The predicted molar refractivity (Wildman–Crippen MR) is 79.3 cm³/mol. The highest BCUT2D eigenvalue weighted by Crippen LogP contribution is 2.49. The van der Waals surface area contributed by atoms with Gasteiger partial charge >= 0.3 is 6.18 Å². The highest BCUT2D eigenvalue weighted by Gasteiger charge is 2.49. The van der Waals surface area contributed by atoms with Gasteiger partial charge < -0.3 is 14.9 Å². The number of hydrogen-bond donors (Lipinski definition) is 3. The van der Waals surface area contributed by atoms with Crippen molar-refractivity contribution in [1.82, 2.24) is 5.32 Å². The molecule has 126 valence electrons. The first-order chi connectivity index (χ1) is 11.4. The fraction of sp³-hybridized carbons (Fsp3) is 0.294. The molecule has 0 amide bonds. The van der Waals surface area contributed by atoms with E-state index in [2.05, 4.69) is 5.32 Å². The number of hydrogen-bond acceptors (Lipinski definition) is 4. The first-order valence-corrected chi connectivity index (χ1v) is 7.46. The number of halogens is 3. The van der Waals surface area contributed by atoms with E-state index in [1.54, 1.807) is 18.2 Å². The largest absolute Gasteiger partial charge is 0.504 e. The van der Waals surface area contributed by atoms with Gasteiger partial charge in [-0.15, -0.1) is 0 Å². The van der Waals surface area contributed by atoms with Crippen LogP contribution in [0.4, 0.5) is 13.2 Å². The molecule has 7 heteroatoms. The molecule has 0 saturated heterocycles. The Morgan fingerprint density at radius 2 is 1.67 bits per heavy atom. The minimum Gasteiger partial charge on any atom is -0.504 e. The highest BCUT2D eigenvalue weighted by molar-refractivity contribution is 5.56. The van der Waals surface area contributed by atoms with Crippen molar-refractivity contribution in [3.63, 3.8) is 0 Å². The van der Waals surface area contributed by atoms with Crippen molar-refractivity contribution in [3.8, 4) is 17.2 Å². The number of phenolic OH excluding ortho intramolecular Hbond substituents is 2. The summed E-state index contributed by atoms with van der Waals surface area (Å²) in [6, 6.07) is 6.72. The first kappa shape index (κ1) is 15.1. The minimum absolute atomic E-state index is 0.0444. The van der Waals surface area contributed by atoms with Crippen LogP contribution < -0.4 is 10.1 Å². The quantitative estimate of drug-likeness (QED) is 0.646. The van der Waals surface area contributed by atoms with E-state index in [4.69, 9.17) is 4.74 Å². The van der Waals surface area contributed by atoms with E-state index in [0.717, 1.165) is 0 Å². The van der Waals surface area contributed by atoms with Crippen LogP contribution in [0.1, 0.15) is 28.7 Å². The Hall–Kier alpha value is -2.41. The molecule has 3 unspecified atom stereocenters. The van der Waals surface area contributed by atoms with E-state index in [0.29, 0.717) is 16.9 Å². The lowest BCUT2D eigenvalue weighted by atomic mass is 9.76. The maximum absolute atomic E-state index is 13.4. The number of fused-ring (bicyclic) bond motifs is 5. The van der Waals surface area contributed by atoms with Crippen molar-refractivity contribution in [2.45, 2.75) is 24.2 Å². The molecule has 0 aromatic heterocycles. The molecule has 0 radical (unpaired) electrons. The summed E-state index contributed by atoms with van der Waals surface area (Å²) in [6.07, 6.45) is -4.42. The van der Waals surface area contributed by atoms with Crippen molar-refractivity contribution >= 4 is 0 Å². The Balaban J connectivity index is 1.90. The summed E-state index contributed by atoms with van der Waals surface area (Å²) in [5.41, 5.74) is 1.28. The van der Waals surface area contributed by atoms with Gasteiger partial charge in [-0.05, 0) is 17.2 Å². The molecule has 0 saturated carbocycles. The topological polar surface area (TPSA) is 61.7 Å². The Bertz CT molecular complexity index is 806. The molecule has 2 aromatic carbocycles. The Labute approximate surface area is 135 Å². The van der Waals surface area contributed by atoms with E-state index in [1.807, 2.05) is 0 Å². The van der Waals surface area contributed by atoms with Gasteiger partial charge in [-0.3, -0.25) is 5.32 Å². The van der Waals surface area contributed by atoms with Crippen molar-refractivity contribution in [2.24, 2.45) is 0 Å². The summed E-state index contributed by atoms with van der Waals surface area (Å²) in [6.45, 7) is 0.0444. The zero-order chi connectivity index (χ0) is 17.1. The fourth-order valence-electron chi connectivity index (χ4n) is 3.59. The smallest absolute Gasteiger partial charge is 0.407 e. The number of nitrogens with one attached hydrogen (secondary N) is 1. The standard InChI is InChI=1S/C17H14F3NO3/c18-17(19,20)16-9-4-2-1-3-8(9)15-10-5-12(22)13(23)6-14(10)24-7-11(15)21-16/h1-6,11,15-16,21-23H,7H2. The van der Waals surface area contributed by atoms with Gasteiger partial charge in [-0.2, -0.15) is 13.2 Å². The zero-order valence-electron chi connectivity index (χ0n) is 12.3. The molecule has 3 N–H and O–H groups in total. The third-order valence-electron chi connectivity index (χ3n) is 4.61. The molecule has 2 aliphatic heterocycles. The molecule has 0 fully saturated rings. The van der Waals surface area contributed by atoms with Gasteiger partial charge in [-0.25, -0.2) is 0 Å². The molecule has 24 heavy (non-hydrogen) atoms. The van der Waals surface area contributed by atoms with Gasteiger partial charge in [0.1, 0.15) is 18.4 Å². The molecule has 4 nitrogen and oxygen atoms in total. The fourth-order valence-corrected chi connectivity index (χ4v) is 3.59.